The van der Waals surface area contributed by atoms with E-state index in [0.29, 0.717) is 32.9 Å². The van der Waals surface area contributed by atoms with Crippen LogP contribution in [-0.2, 0) is 0 Å². The molecule has 0 aliphatic rings. The average molecular weight is 411 g/mol. The van der Waals surface area contributed by atoms with Crippen LogP contribution in [0.5, 0.6) is 5.75 Å². The van der Waals surface area contributed by atoms with Crippen LogP contribution in [0.4, 0.5) is 0 Å². The largest absolute Gasteiger partial charge is 0.465 e. The summed E-state index contributed by atoms with van der Waals surface area (Å²) in [6, 6.07) is 13.7. The smallest absolute Gasteiger partial charge is 0.345 e. The van der Waals surface area contributed by atoms with Gasteiger partial charge in [-0.2, -0.15) is 0 Å². The van der Waals surface area contributed by atoms with E-state index in [4.69, 9.17) is 20.8 Å². The fraction of sp³-hybridized carbons (Fsp3) is 0.0909. The van der Waals surface area contributed by atoms with Crippen molar-refractivity contribution in [2.24, 2.45) is 0 Å². The zero-order chi connectivity index (χ0) is 19.8. The summed E-state index contributed by atoms with van der Waals surface area (Å²) in [5.41, 5.74) is 0.742. The number of hydrogen-bond donors (Lipinski definition) is 0. The second kappa shape index (κ2) is 7.26. The van der Waals surface area contributed by atoms with E-state index in [9.17, 15) is 9.59 Å². The van der Waals surface area contributed by atoms with Gasteiger partial charge in [0.2, 0.25) is 0 Å². The Kier molecular flexibility index (Phi) is 4.79. The molecule has 2 heterocycles. The lowest BCUT2D eigenvalue weighted by atomic mass is 10.2. The summed E-state index contributed by atoms with van der Waals surface area (Å²) in [6.07, 6.45) is 0. The molecule has 0 N–H and O–H groups in total. The van der Waals surface area contributed by atoms with Crippen LogP contribution < -0.4 is 10.2 Å². The van der Waals surface area contributed by atoms with Gasteiger partial charge in [-0.05, 0) is 55.1 Å². The summed E-state index contributed by atoms with van der Waals surface area (Å²) < 4.78 is 11.4. The molecule has 4 aromatic rings. The van der Waals surface area contributed by atoms with E-state index in [0.717, 1.165) is 4.88 Å². The lowest BCUT2D eigenvalue weighted by Crippen LogP contribution is -2.09. The molecule has 2 aromatic heterocycles. The minimum atomic E-state index is -0.596. The maximum Gasteiger partial charge on any atom is 0.345 e. The zero-order valence-electron chi connectivity index (χ0n) is 15.1. The first-order chi connectivity index (χ1) is 13.5. The Morgan fingerprint density at radius 2 is 1.79 bits per heavy atom. The quantitative estimate of drug-likeness (QED) is 0.388. The highest BCUT2D eigenvalue weighted by atomic mass is 35.5. The minimum Gasteiger partial charge on any atom is -0.465 e. The number of thiophene rings is 1. The predicted molar refractivity (Wildman–Crippen MR) is 112 cm³/mol. The molecular formula is C22H15ClO4S. The van der Waals surface area contributed by atoms with Gasteiger partial charge in [-0.3, -0.25) is 4.79 Å². The third-order valence-corrected chi connectivity index (χ3v) is 5.68. The summed E-state index contributed by atoms with van der Waals surface area (Å²) in [6.45, 7) is 3.47. The predicted octanol–water partition coefficient (Wildman–Crippen LogP) is 6.01. The van der Waals surface area contributed by atoms with Crippen LogP contribution in [0.25, 0.3) is 21.2 Å². The van der Waals surface area contributed by atoms with Gasteiger partial charge in [-0.25, -0.2) is 4.79 Å². The van der Waals surface area contributed by atoms with Crippen molar-refractivity contribution in [3.8, 4) is 16.2 Å². The Hall–Kier alpha value is -2.89. The Morgan fingerprint density at radius 1 is 1.04 bits per heavy atom. The second-order valence-corrected chi connectivity index (χ2v) is 7.64. The van der Waals surface area contributed by atoms with Crippen molar-refractivity contribution in [1.82, 2.24) is 0 Å². The van der Waals surface area contributed by atoms with E-state index in [-0.39, 0.29) is 16.7 Å². The number of furan rings is 1. The van der Waals surface area contributed by atoms with Crippen LogP contribution in [0.2, 0.25) is 5.02 Å². The molecule has 0 amide bonds. The number of ether oxygens (including phenoxy) is 1. The molecule has 2 aromatic carbocycles. The minimum absolute atomic E-state index is 0.187. The Balaban J connectivity index is 1.96. The van der Waals surface area contributed by atoms with E-state index in [1.54, 1.807) is 50.2 Å². The first-order valence-electron chi connectivity index (χ1n) is 8.54. The summed E-state index contributed by atoms with van der Waals surface area (Å²) in [5, 5.41) is 3.12. The second-order valence-electron chi connectivity index (χ2n) is 6.28. The number of esters is 1. The van der Waals surface area contributed by atoms with Gasteiger partial charge >= 0.3 is 5.97 Å². The van der Waals surface area contributed by atoms with Crippen molar-refractivity contribution in [2.75, 3.05) is 0 Å². The van der Waals surface area contributed by atoms with Gasteiger partial charge in [0.15, 0.2) is 5.43 Å². The SMILES string of the molecule is Cc1oc(C)c2c(=O)cc(-c3cccs3)cc(OC(=O)c3ccccc3Cl)c12. The summed E-state index contributed by atoms with van der Waals surface area (Å²) in [7, 11) is 0. The average Bonchev–Trinajstić information content (AvgIpc) is 3.25. The number of hydrogen-bond acceptors (Lipinski definition) is 5. The maximum atomic E-state index is 12.9. The molecule has 0 radical (unpaired) electrons. The molecule has 4 rings (SSSR count). The molecule has 28 heavy (non-hydrogen) atoms. The van der Waals surface area contributed by atoms with Crippen molar-refractivity contribution in [1.29, 1.82) is 0 Å². The van der Waals surface area contributed by atoms with E-state index in [1.807, 2.05) is 17.5 Å². The van der Waals surface area contributed by atoms with Crippen molar-refractivity contribution in [3.63, 3.8) is 0 Å². The fourth-order valence-electron chi connectivity index (χ4n) is 3.19. The number of fused-ring (bicyclic) bond motifs is 1. The summed E-state index contributed by atoms with van der Waals surface area (Å²) in [4.78, 5) is 26.5. The lowest BCUT2D eigenvalue weighted by Gasteiger charge is -2.06. The first kappa shape index (κ1) is 18.5. The molecule has 0 bridgehead atoms. The van der Waals surface area contributed by atoms with Crippen molar-refractivity contribution < 1.29 is 13.9 Å². The summed E-state index contributed by atoms with van der Waals surface area (Å²) >= 11 is 7.64. The molecule has 0 atom stereocenters. The van der Waals surface area contributed by atoms with E-state index < -0.39 is 5.97 Å². The molecule has 140 valence electrons. The van der Waals surface area contributed by atoms with Gasteiger partial charge in [0.05, 0.1) is 21.4 Å². The summed E-state index contributed by atoms with van der Waals surface area (Å²) in [5.74, 6) is 0.668. The molecule has 4 nitrogen and oxygen atoms in total. The molecule has 0 aliphatic heterocycles. The highest BCUT2D eigenvalue weighted by Crippen LogP contribution is 2.35. The van der Waals surface area contributed by atoms with Crippen LogP contribution in [0.3, 0.4) is 0 Å². The van der Waals surface area contributed by atoms with Gasteiger partial charge in [-0.1, -0.05) is 29.8 Å². The Bertz CT molecular complexity index is 1260. The van der Waals surface area contributed by atoms with Gasteiger partial charge in [0.1, 0.15) is 17.3 Å². The van der Waals surface area contributed by atoms with E-state index >= 15 is 0 Å². The number of aryl methyl sites for hydroxylation is 2. The number of carbonyl (C=O) groups excluding carboxylic acids is 1. The highest BCUT2D eigenvalue weighted by Gasteiger charge is 2.20. The molecule has 0 aliphatic carbocycles. The normalized spacial score (nSPS) is 11.0. The number of rotatable bonds is 3. The van der Waals surface area contributed by atoms with Crippen LogP contribution in [0.1, 0.15) is 21.9 Å². The molecule has 0 saturated carbocycles. The molecule has 6 heteroatoms. The Labute approximate surface area is 170 Å². The monoisotopic (exact) mass is 410 g/mol. The van der Waals surface area contributed by atoms with Gasteiger partial charge in [0.25, 0.3) is 0 Å². The molecule has 0 saturated heterocycles. The van der Waals surface area contributed by atoms with E-state index in [2.05, 4.69) is 0 Å². The van der Waals surface area contributed by atoms with Crippen LogP contribution in [0, 0.1) is 13.8 Å². The van der Waals surface area contributed by atoms with Gasteiger partial charge < -0.3 is 9.15 Å². The number of benzene rings is 1. The topological polar surface area (TPSA) is 56.5 Å². The molecule has 0 unspecified atom stereocenters. The standard InChI is InChI=1S/C22H15ClO4S/c1-12-20-17(24)10-14(19-8-5-9-28-19)11-18(21(20)13(2)26-12)27-22(25)15-6-3-4-7-16(15)23/h3-11H,1-2H3. The van der Waals surface area contributed by atoms with Gasteiger partial charge in [0, 0.05) is 4.88 Å². The number of halogens is 1. The lowest BCUT2D eigenvalue weighted by molar-refractivity contribution is 0.0737. The maximum absolute atomic E-state index is 12.9. The molecule has 0 fully saturated rings. The van der Waals surface area contributed by atoms with E-state index in [1.165, 1.54) is 11.3 Å². The van der Waals surface area contributed by atoms with Crippen LogP contribution >= 0.6 is 22.9 Å². The first-order valence-corrected chi connectivity index (χ1v) is 9.80. The van der Waals surface area contributed by atoms with Gasteiger partial charge in [-0.15, -0.1) is 11.3 Å². The van der Waals surface area contributed by atoms with Crippen LogP contribution in [-0.4, -0.2) is 5.97 Å². The highest BCUT2D eigenvalue weighted by molar-refractivity contribution is 7.13. The van der Waals surface area contributed by atoms with Crippen molar-refractivity contribution in [2.45, 2.75) is 13.8 Å². The third-order valence-electron chi connectivity index (χ3n) is 4.43. The van der Waals surface area contributed by atoms with Crippen molar-refractivity contribution in [3.05, 3.63) is 86.2 Å². The molecule has 0 spiro atoms. The molecular weight excluding hydrogens is 396 g/mol. The zero-order valence-corrected chi connectivity index (χ0v) is 16.7. The van der Waals surface area contributed by atoms with Crippen LogP contribution in [0.15, 0.2) is 63.1 Å². The fourth-order valence-corrected chi connectivity index (χ4v) is 4.12. The number of carbonyl (C=O) groups is 1. The Morgan fingerprint density at radius 3 is 2.50 bits per heavy atom. The third kappa shape index (κ3) is 3.23. The van der Waals surface area contributed by atoms with Crippen molar-refractivity contribution >= 4 is 39.7 Å².